The van der Waals surface area contributed by atoms with Crippen molar-refractivity contribution in [3.8, 4) is 11.4 Å². The summed E-state index contributed by atoms with van der Waals surface area (Å²) in [6.07, 6.45) is 6.04. The SMILES string of the molecule is NNc1cc(C2CC2)nc(-c2cncc3ccccc23)n1. The molecule has 0 bridgehead atoms. The Morgan fingerprint density at radius 1 is 1.10 bits per heavy atom. The molecule has 3 N–H and O–H groups in total. The van der Waals surface area contributed by atoms with E-state index in [2.05, 4.69) is 21.5 Å². The first kappa shape index (κ1) is 12.2. The van der Waals surface area contributed by atoms with Gasteiger partial charge in [-0.3, -0.25) is 4.98 Å². The van der Waals surface area contributed by atoms with E-state index in [1.807, 2.05) is 36.7 Å². The van der Waals surface area contributed by atoms with E-state index in [1.165, 1.54) is 12.8 Å². The zero-order valence-corrected chi connectivity index (χ0v) is 11.5. The summed E-state index contributed by atoms with van der Waals surface area (Å²) in [6, 6.07) is 10.0. The van der Waals surface area contributed by atoms with E-state index in [-0.39, 0.29) is 0 Å². The molecule has 1 saturated carbocycles. The number of fused-ring (bicyclic) bond motifs is 1. The maximum Gasteiger partial charge on any atom is 0.164 e. The van der Waals surface area contributed by atoms with Crippen LogP contribution in [-0.2, 0) is 0 Å². The number of hydrazine groups is 1. The first-order valence-corrected chi connectivity index (χ1v) is 7.04. The van der Waals surface area contributed by atoms with Crippen LogP contribution in [0.1, 0.15) is 24.5 Å². The average Bonchev–Trinajstić information content (AvgIpc) is 3.39. The van der Waals surface area contributed by atoms with Gasteiger partial charge in [0.1, 0.15) is 5.82 Å². The molecule has 0 atom stereocenters. The standard InChI is InChI=1S/C16H15N5/c17-21-15-7-14(10-5-6-10)19-16(20-15)13-9-18-8-11-3-1-2-4-12(11)13/h1-4,7-10H,5-6,17H2,(H,19,20,21). The van der Waals surface area contributed by atoms with Gasteiger partial charge in [-0.1, -0.05) is 24.3 Å². The van der Waals surface area contributed by atoms with Crippen molar-refractivity contribution in [2.24, 2.45) is 5.84 Å². The number of aromatic nitrogens is 3. The van der Waals surface area contributed by atoms with Crippen molar-refractivity contribution in [2.75, 3.05) is 5.43 Å². The van der Waals surface area contributed by atoms with E-state index in [0.29, 0.717) is 17.6 Å². The Morgan fingerprint density at radius 3 is 2.76 bits per heavy atom. The zero-order chi connectivity index (χ0) is 14.2. The summed E-state index contributed by atoms with van der Waals surface area (Å²) in [7, 11) is 0. The van der Waals surface area contributed by atoms with Crippen LogP contribution >= 0.6 is 0 Å². The van der Waals surface area contributed by atoms with Crippen LogP contribution in [0.15, 0.2) is 42.7 Å². The van der Waals surface area contributed by atoms with Crippen LogP contribution in [0, 0.1) is 0 Å². The molecular weight excluding hydrogens is 262 g/mol. The largest absolute Gasteiger partial charge is 0.308 e. The Bertz CT molecular complexity index is 805. The van der Waals surface area contributed by atoms with E-state index < -0.39 is 0 Å². The summed E-state index contributed by atoms with van der Waals surface area (Å²) < 4.78 is 0. The van der Waals surface area contributed by atoms with Crippen LogP contribution in [-0.4, -0.2) is 15.0 Å². The minimum Gasteiger partial charge on any atom is -0.308 e. The quantitative estimate of drug-likeness (QED) is 0.568. The summed E-state index contributed by atoms with van der Waals surface area (Å²) in [5.74, 6) is 7.41. The van der Waals surface area contributed by atoms with Gasteiger partial charge in [0.25, 0.3) is 0 Å². The molecule has 0 unspecified atom stereocenters. The van der Waals surface area contributed by atoms with E-state index >= 15 is 0 Å². The normalized spacial score (nSPS) is 14.3. The average molecular weight is 277 g/mol. The number of nitrogens with two attached hydrogens (primary N) is 1. The summed E-state index contributed by atoms with van der Waals surface area (Å²) in [6.45, 7) is 0. The zero-order valence-electron chi connectivity index (χ0n) is 11.5. The molecule has 1 aliphatic rings. The molecule has 0 spiro atoms. The molecule has 2 aromatic heterocycles. The third kappa shape index (κ3) is 2.21. The number of rotatable bonds is 3. The van der Waals surface area contributed by atoms with Gasteiger partial charge < -0.3 is 5.43 Å². The molecule has 1 fully saturated rings. The highest BCUT2D eigenvalue weighted by Gasteiger charge is 2.26. The molecule has 5 nitrogen and oxygen atoms in total. The smallest absolute Gasteiger partial charge is 0.164 e. The fraction of sp³-hybridized carbons (Fsp3) is 0.188. The van der Waals surface area contributed by atoms with E-state index in [4.69, 9.17) is 10.8 Å². The minimum atomic E-state index is 0.543. The fourth-order valence-corrected chi connectivity index (χ4v) is 2.54. The lowest BCUT2D eigenvalue weighted by Crippen LogP contribution is -2.10. The lowest BCUT2D eigenvalue weighted by Gasteiger charge is -2.09. The van der Waals surface area contributed by atoms with Crippen molar-refractivity contribution < 1.29 is 0 Å². The van der Waals surface area contributed by atoms with Crippen LogP contribution in [0.25, 0.3) is 22.2 Å². The molecule has 0 saturated heterocycles. The van der Waals surface area contributed by atoms with Gasteiger partial charge in [0.15, 0.2) is 5.82 Å². The molecular formula is C16H15N5. The number of nitrogens with one attached hydrogen (secondary N) is 1. The lowest BCUT2D eigenvalue weighted by atomic mass is 10.1. The highest BCUT2D eigenvalue weighted by Crippen LogP contribution is 2.40. The molecule has 0 aliphatic heterocycles. The topological polar surface area (TPSA) is 76.7 Å². The number of hydrogen-bond donors (Lipinski definition) is 2. The summed E-state index contributed by atoms with van der Waals surface area (Å²) in [4.78, 5) is 13.5. The number of nitrogen functional groups attached to an aromatic ring is 1. The van der Waals surface area contributed by atoms with Gasteiger partial charge in [-0.15, -0.1) is 0 Å². The Labute approximate surface area is 122 Å². The van der Waals surface area contributed by atoms with Gasteiger partial charge in [-0.2, -0.15) is 0 Å². The number of nitrogens with zero attached hydrogens (tertiary/aromatic N) is 3. The molecule has 21 heavy (non-hydrogen) atoms. The second kappa shape index (κ2) is 4.79. The van der Waals surface area contributed by atoms with Crippen molar-refractivity contribution >= 4 is 16.6 Å². The van der Waals surface area contributed by atoms with Crippen LogP contribution in [0.5, 0.6) is 0 Å². The highest BCUT2D eigenvalue weighted by atomic mass is 15.3. The maximum absolute atomic E-state index is 5.54. The van der Waals surface area contributed by atoms with Crippen LogP contribution in [0.4, 0.5) is 5.82 Å². The molecule has 5 heteroatoms. The van der Waals surface area contributed by atoms with Gasteiger partial charge in [0.2, 0.25) is 0 Å². The lowest BCUT2D eigenvalue weighted by molar-refractivity contribution is 0.991. The van der Waals surface area contributed by atoms with Crippen molar-refractivity contribution in [3.05, 3.63) is 48.4 Å². The summed E-state index contributed by atoms with van der Waals surface area (Å²) >= 11 is 0. The second-order valence-electron chi connectivity index (χ2n) is 5.33. The van der Waals surface area contributed by atoms with Gasteiger partial charge in [-0.05, 0) is 18.2 Å². The molecule has 1 aromatic carbocycles. The van der Waals surface area contributed by atoms with Crippen molar-refractivity contribution in [1.29, 1.82) is 0 Å². The molecule has 0 radical (unpaired) electrons. The van der Waals surface area contributed by atoms with E-state index in [1.54, 1.807) is 0 Å². The van der Waals surface area contributed by atoms with Crippen molar-refractivity contribution in [2.45, 2.75) is 18.8 Å². The first-order valence-electron chi connectivity index (χ1n) is 7.04. The molecule has 4 rings (SSSR count). The summed E-state index contributed by atoms with van der Waals surface area (Å²) in [5.41, 5.74) is 4.63. The Hall–Kier alpha value is -2.53. The number of anilines is 1. The third-order valence-corrected chi connectivity index (χ3v) is 3.80. The predicted molar refractivity (Wildman–Crippen MR) is 82.6 cm³/mol. The second-order valence-corrected chi connectivity index (χ2v) is 5.33. The van der Waals surface area contributed by atoms with Gasteiger partial charge >= 0.3 is 0 Å². The van der Waals surface area contributed by atoms with E-state index in [9.17, 15) is 0 Å². The predicted octanol–water partition coefficient (Wildman–Crippen LogP) is 2.85. The molecule has 1 aliphatic carbocycles. The monoisotopic (exact) mass is 277 g/mol. The van der Waals surface area contributed by atoms with Gasteiger partial charge in [0, 0.05) is 41.0 Å². The van der Waals surface area contributed by atoms with E-state index in [0.717, 1.165) is 22.0 Å². The van der Waals surface area contributed by atoms with Crippen LogP contribution in [0.3, 0.4) is 0 Å². The Kier molecular flexibility index (Phi) is 2.79. The van der Waals surface area contributed by atoms with Gasteiger partial charge in [0.05, 0.1) is 0 Å². The molecule has 104 valence electrons. The van der Waals surface area contributed by atoms with Gasteiger partial charge in [-0.25, -0.2) is 15.8 Å². The summed E-state index contributed by atoms with van der Waals surface area (Å²) in [5, 5.41) is 2.18. The fourth-order valence-electron chi connectivity index (χ4n) is 2.54. The maximum atomic E-state index is 5.54. The van der Waals surface area contributed by atoms with Crippen molar-refractivity contribution in [1.82, 2.24) is 15.0 Å². The van der Waals surface area contributed by atoms with Crippen LogP contribution in [0.2, 0.25) is 0 Å². The van der Waals surface area contributed by atoms with Crippen LogP contribution < -0.4 is 11.3 Å². The molecule has 0 amide bonds. The van der Waals surface area contributed by atoms with Crippen molar-refractivity contribution in [3.63, 3.8) is 0 Å². The third-order valence-electron chi connectivity index (χ3n) is 3.80. The number of hydrogen-bond acceptors (Lipinski definition) is 5. The Balaban J connectivity index is 1.93. The minimum absolute atomic E-state index is 0.543. The first-order chi connectivity index (χ1) is 10.3. The Morgan fingerprint density at radius 2 is 1.95 bits per heavy atom. The molecule has 2 heterocycles. The molecule has 3 aromatic rings. The number of pyridine rings is 1. The number of benzene rings is 1. The highest BCUT2D eigenvalue weighted by molar-refractivity contribution is 5.94.